The van der Waals surface area contributed by atoms with Crippen LogP contribution in [0.3, 0.4) is 0 Å². The van der Waals surface area contributed by atoms with Gasteiger partial charge in [0.05, 0.1) is 24.9 Å². The number of ether oxygens (including phenoxy) is 1. The van der Waals surface area contributed by atoms with Gasteiger partial charge in [0, 0.05) is 40.8 Å². The standard InChI is InChI=1S/C23H20ClN3O2/c24-20-7-5-17(6-8-20)18(14-25)13-19-15-27(22-4-2-1-3-21(19)22)16-23(28)26-9-11-29-12-10-26/h1-8,13,15H,9-12,16H2/b18-13+. The maximum atomic E-state index is 12.7. The van der Waals surface area contributed by atoms with Crippen LogP contribution in [0.5, 0.6) is 0 Å². The third kappa shape index (κ3) is 4.19. The number of carbonyl (C=O) groups excluding carboxylic acids is 1. The van der Waals surface area contributed by atoms with Gasteiger partial charge in [0.1, 0.15) is 6.54 Å². The number of carbonyl (C=O) groups is 1. The van der Waals surface area contributed by atoms with E-state index in [2.05, 4.69) is 6.07 Å². The number of rotatable bonds is 4. The fourth-order valence-corrected chi connectivity index (χ4v) is 3.67. The Morgan fingerprint density at radius 2 is 1.86 bits per heavy atom. The van der Waals surface area contributed by atoms with Crippen LogP contribution in [0.1, 0.15) is 11.1 Å². The molecule has 3 aromatic rings. The van der Waals surface area contributed by atoms with Crippen molar-refractivity contribution in [3.05, 3.63) is 70.9 Å². The highest BCUT2D eigenvalue weighted by molar-refractivity contribution is 6.30. The van der Waals surface area contributed by atoms with Crippen molar-refractivity contribution >= 4 is 40.1 Å². The molecule has 0 aliphatic carbocycles. The van der Waals surface area contributed by atoms with E-state index in [4.69, 9.17) is 16.3 Å². The molecule has 1 aromatic heterocycles. The van der Waals surface area contributed by atoms with E-state index < -0.39 is 0 Å². The number of para-hydroxylation sites is 1. The Kier molecular flexibility index (Phi) is 5.66. The normalized spacial score (nSPS) is 14.8. The molecule has 2 heterocycles. The van der Waals surface area contributed by atoms with Gasteiger partial charge in [0.2, 0.25) is 5.91 Å². The number of amides is 1. The molecule has 29 heavy (non-hydrogen) atoms. The first kappa shape index (κ1) is 19.3. The van der Waals surface area contributed by atoms with Crippen molar-refractivity contribution in [3.63, 3.8) is 0 Å². The van der Waals surface area contributed by atoms with Gasteiger partial charge in [-0.15, -0.1) is 0 Å². The van der Waals surface area contributed by atoms with Gasteiger partial charge in [-0.3, -0.25) is 4.79 Å². The zero-order valence-electron chi connectivity index (χ0n) is 15.8. The van der Waals surface area contributed by atoms with Crippen LogP contribution in [0, 0.1) is 11.3 Å². The molecular formula is C23H20ClN3O2. The van der Waals surface area contributed by atoms with Crippen molar-refractivity contribution in [1.29, 1.82) is 5.26 Å². The minimum absolute atomic E-state index is 0.0720. The van der Waals surface area contributed by atoms with Gasteiger partial charge < -0.3 is 14.2 Å². The molecule has 146 valence electrons. The smallest absolute Gasteiger partial charge is 0.242 e. The van der Waals surface area contributed by atoms with Crippen molar-refractivity contribution in [3.8, 4) is 6.07 Å². The fourth-order valence-electron chi connectivity index (χ4n) is 3.54. The zero-order chi connectivity index (χ0) is 20.2. The van der Waals surface area contributed by atoms with Crippen molar-refractivity contribution in [1.82, 2.24) is 9.47 Å². The van der Waals surface area contributed by atoms with Gasteiger partial charge in [0.15, 0.2) is 0 Å². The molecule has 0 saturated carbocycles. The van der Waals surface area contributed by atoms with E-state index in [1.165, 1.54) is 0 Å². The Morgan fingerprint density at radius 3 is 2.59 bits per heavy atom. The van der Waals surface area contributed by atoms with Crippen molar-refractivity contribution in [2.45, 2.75) is 6.54 Å². The molecule has 1 amide bonds. The largest absolute Gasteiger partial charge is 0.378 e. The summed E-state index contributed by atoms with van der Waals surface area (Å²) in [5.74, 6) is 0.0720. The molecule has 0 atom stereocenters. The highest BCUT2D eigenvalue weighted by Gasteiger charge is 2.18. The van der Waals surface area contributed by atoms with E-state index in [0.717, 1.165) is 22.0 Å². The molecule has 0 N–H and O–H groups in total. The number of nitriles is 1. The van der Waals surface area contributed by atoms with Crippen LogP contribution in [0.25, 0.3) is 22.6 Å². The maximum absolute atomic E-state index is 12.7. The minimum atomic E-state index is 0.0720. The Bertz CT molecular complexity index is 1100. The molecule has 2 aromatic carbocycles. The van der Waals surface area contributed by atoms with Crippen molar-refractivity contribution < 1.29 is 9.53 Å². The number of morpholine rings is 1. The molecule has 1 aliphatic heterocycles. The summed E-state index contributed by atoms with van der Waals surface area (Å²) in [7, 11) is 0. The number of halogens is 1. The summed E-state index contributed by atoms with van der Waals surface area (Å²) in [6.07, 6.45) is 3.80. The van der Waals surface area contributed by atoms with Crippen LogP contribution in [-0.4, -0.2) is 41.7 Å². The number of hydrogen-bond acceptors (Lipinski definition) is 3. The first-order valence-electron chi connectivity index (χ1n) is 9.47. The van der Waals surface area contributed by atoms with Gasteiger partial charge >= 0.3 is 0 Å². The lowest BCUT2D eigenvalue weighted by Crippen LogP contribution is -2.42. The Balaban J connectivity index is 1.69. The zero-order valence-corrected chi connectivity index (χ0v) is 16.6. The molecule has 0 unspecified atom stereocenters. The minimum Gasteiger partial charge on any atom is -0.378 e. The van der Waals surface area contributed by atoms with E-state index in [-0.39, 0.29) is 12.5 Å². The van der Waals surface area contributed by atoms with Gasteiger partial charge in [0.25, 0.3) is 0 Å². The Morgan fingerprint density at radius 1 is 1.14 bits per heavy atom. The summed E-state index contributed by atoms with van der Waals surface area (Å²) < 4.78 is 7.29. The average Bonchev–Trinajstić information content (AvgIpc) is 3.10. The van der Waals surface area contributed by atoms with Crippen LogP contribution in [-0.2, 0) is 16.1 Å². The third-order valence-corrected chi connectivity index (χ3v) is 5.32. The molecule has 1 fully saturated rings. The molecule has 4 rings (SSSR count). The Labute approximate surface area is 174 Å². The molecule has 0 spiro atoms. The number of hydrogen-bond donors (Lipinski definition) is 0. The second-order valence-electron chi connectivity index (χ2n) is 6.90. The predicted octanol–water partition coefficient (Wildman–Crippen LogP) is 4.22. The highest BCUT2D eigenvalue weighted by atomic mass is 35.5. The number of allylic oxidation sites excluding steroid dienone is 1. The molecule has 5 nitrogen and oxygen atoms in total. The van der Waals surface area contributed by atoms with Crippen LogP contribution >= 0.6 is 11.6 Å². The first-order valence-corrected chi connectivity index (χ1v) is 9.84. The molecule has 1 saturated heterocycles. The summed E-state index contributed by atoms with van der Waals surface area (Å²) in [6, 6.07) is 17.4. The van der Waals surface area contributed by atoms with E-state index >= 15 is 0 Å². The van der Waals surface area contributed by atoms with Crippen molar-refractivity contribution in [2.75, 3.05) is 26.3 Å². The quantitative estimate of drug-likeness (QED) is 0.611. The SMILES string of the molecule is N#C/C(=C\c1cn(CC(=O)N2CCOCC2)c2ccccc12)c1ccc(Cl)cc1. The fraction of sp³-hybridized carbons (Fsp3) is 0.217. The number of benzene rings is 2. The third-order valence-electron chi connectivity index (χ3n) is 5.06. The molecular weight excluding hydrogens is 386 g/mol. The first-order chi connectivity index (χ1) is 14.2. The lowest BCUT2D eigenvalue weighted by atomic mass is 10.0. The highest BCUT2D eigenvalue weighted by Crippen LogP contribution is 2.27. The lowest BCUT2D eigenvalue weighted by Gasteiger charge is -2.27. The van der Waals surface area contributed by atoms with Gasteiger partial charge in [-0.25, -0.2) is 0 Å². The van der Waals surface area contributed by atoms with Crippen LogP contribution in [0.15, 0.2) is 54.7 Å². The van der Waals surface area contributed by atoms with Crippen LogP contribution in [0.4, 0.5) is 0 Å². The topological polar surface area (TPSA) is 58.3 Å². The lowest BCUT2D eigenvalue weighted by molar-refractivity contribution is -0.135. The number of nitrogens with zero attached hydrogens (tertiary/aromatic N) is 3. The van der Waals surface area contributed by atoms with E-state index in [0.29, 0.717) is 36.9 Å². The van der Waals surface area contributed by atoms with E-state index in [1.807, 2.05) is 58.1 Å². The van der Waals surface area contributed by atoms with Gasteiger partial charge in [-0.1, -0.05) is 41.9 Å². The number of aromatic nitrogens is 1. The van der Waals surface area contributed by atoms with Gasteiger partial charge in [-0.05, 0) is 29.8 Å². The molecule has 0 bridgehead atoms. The average molecular weight is 406 g/mol. The number of fused-ring (bicyclic) bond motifs is 1. The Hall–Kier alpha value is -3.07. The van der Waals surface area contributed by atoms with Crippen LogP contribution < -0.4 is 0 Å². The maximum Gasteiger partial charge on any atom is 0.242 e. The summed E-state index contributed by atoms with van der Waals surface area (Å²) >= 11 is 5.96. The second-order valence-corrected chi connectivity index (χ2v) is 7.34. The van der Waals surface area contributed by atoms with E-state index in [9.17, 15) is 10.1 Å². The second kappa shape index (κ2) is 8.52. The molecule has 1 aliphatic rings. The molecule has 6 heteroatoms. The monoisotopic (exact) mass is 405 g/mol. The summed E-state index contributed by atoms with van der Waals surface area (Å²) in [5.41, 5.74) is 3.22. The van der Waals surface area contributed by atoms with Gasteiger partial charge in [-0.2, -0.15) is 5.26 Å². The predicted molar refractivity (Wildman–Crippen MR) is 114 cm³/mol. The summed E-state index contributed by atoms with van der Waals surface area (Å²) in [5, 5.41) is 11.3. The van der Waals surface area contributed by atoms with Crippen LogP contribution in [0.2, 0.25) is 5.02 Å². The molecule has 0 radical (unpaired) electrons. The van der Waals surface area contributed by atoms with Crippen molar-refractivity contribution in [2.24, 2.45) is 0 Å². The van der Waals surface area contributed by atoms with E-state index in [1.54, 1.807) is 12.1 Å². The summed E-state index contributed by atoms with van der Waals surface area (Å²) in [4.78, 5) is 14.6. The summed E-state index contributed by atoms with van der Waals surface area (Å²) in [6.45, 7) is 2.68.